The number of imidazole rings is 1. The summed E-state index contributed by atoms with van der Waals surface area (Å²) in [6.45, 7) is 0. The topological polar surface area (TPSA) is 108 Å². The second kappa shape index (κ2) is 7.68. The fourth-order valence-corrected chi connectivity index (χ4v) is 3.63. The number of nitriles is 1. The summed E-state index contributed by atoms with van der Waals surface area (Å²) in [6.07, 6.45) is 8.52. The van der Waals surface area contributed by atoms with Gasteiger partial charge >= 0.3 is 0 Å². The third kappa shape index (κ3) is 3.53. The zero-order chi connectivity index (χ0) is 19.5. The lowest BCUT2D eigenvalue weighted by Crippen LogP contribution is -2.26. The number of anilines is 1. The zero-order valence-corrected chi connectivity index (χ0v) is 15.0. The smallest absolute Gasteiger partial charge is 0.180 e. The highest BCUT2D eigenvalue weighted by molar-refractivity contribution is 5.65. The van der Waals surface area contributed by atoms with Gasteiger partial charge in [-0.05, 0) is 48.9 Å². The third-order valence-corrected chi connectivity index (χ3v) is 5.13. The van der Waals surface area contributed by atoms with E-state index in [1.54, 1.807) is 16.7 Å². The number of hydrogen-bond donors (Lipinski definition) is 1. The second-order valence-electron chi connectivity index (χ2n) is 6.96. The Morgan fingerprint density at radius 3 is 2.82 bits per heavy atom. The van der Waals surface area contributed by atoms with Crippen LogP contribution in [0.1, 0.15) is 32.1 Å². The number of nitrogens with one attached hydrogen (secondary N) is 1. The van der Waals surface area contributed by atoms with Crippen LogP contribution >= 0.6 is 0 Å². The van der Waals surface area contributed by atoms with E-state index in [0.29, 0.717) is 35.3 Å². The Bertz CT molecular complexity index is 1050. The molecule has 9 heteroatoms. The minimum atomic E-state index is -0.398. The number of halogens is 1. The van der Waals surface area contributed by atoms with Crippen LogP contribution in [0.4, 0.5) is 15.9 Å². The maximum absolute atomic E-state index is 13.6. The number of rotatable bonds is 5. The number of fused-ring (bicyclic) bond motifs is 1. The van der Waals surface area contributed by atoms with Crippen molar-refractivity contribution >= 4 is 17.2 Å². The van der Waals surface area contributed by atoms with Gasteiger partial charge < -0.3 is 5.32 Å². The molecule has 0 unspecified atom stereocenters. The molecule has 1 N–H and O–H groups in total. The van der Waals surface area contributed by atoms with Gasteiger partial charge in [-0.25, -0.2) is 19.3 Å². The highest BCUT2D eigenvalue weighted by Crippen LogP contribution is 2.31. The van der Waals surface area contributed by atoms with Gasteiger partial charge in [0.05, 0.1) is 18.5 Å². The van der Waals surface area contributed by atoms with E-state index < -0.39 is 5.82 Å². The minimum Gasteiger partial charge on any atom is -0.365 e. The fourth-order valence-electron chi connectivity index (χ4n) is 3.63. The molecule has 0 spiro atoms. The Morgan fingerprint density at radius 1 is 1.25 bits per heavy atom. The monoisotopic (exact) mass is 379 g/mol. The molecule has 8 nitrogen and oxygen atoms in total. The van der Waals surface area contributed by atoms with Crippen molar-refractivity contribution in [2.45, 2.75) is 38.1 Å². The van der Waals surface area contributed by atoms with Crippen LogP contribution in [-0.2, 0) is 0 Å². The summed E-state index contributed by atoms with van der Waals surface area (Å²) in [6, 6.07) is 5.28. The number of pyridine rings is 1. The summed E-state index contributed by atoms with van der Waals surface area (Å²) < 4.78 is 15.2. The van der Waals surface area contributed by atoms with Crippen molar-refractivity contribution in [1.29, 1.82) is 5.26 Å². The van der Waals surface area contributed by atoms with Gasteiger partial charge in [0.15, 0.2) is 17.3 Å². The van der Waals surface area contributed by atoms with Crippen LogP contribution in [0.25, 0.3) is 17.2 Å². The lowest BCUT2D eigenvalue weighted by molar-refractivity contribution is 0.342. The van der Waals surface area contributed by atoms with E-state index >= 15 is 0 Å². The standard InChI is InChI=1S/C19H18FN7O/c20-13-3-6-17-22-10-16(27(17)11-13)19-23-9-15(26-28)18(25-19)24-14-4-1-12(2-5-14)7-8-21/h3,6,9-12,14H,1-2,4-5,7H2,(H,23,24,25)/t12-,14-. The van der Waals surface area contributed by atoms with Gasteiger partial charge in [-0.15, -0.1) is 4.91 Å². The van der Waals surface area contributed by atoms with Crippen molar-refractivity contribution in [2.75, 3.05) is 5.32 Å². The Hall–Kier alpha value is -3.41. The summed E-state index contributed by atoms with van der Waals surface area (Å²) in [4.78, 5) is 24.1. The van der Waals surface area contributed by atoms with Crippen LogP contribution in [0.2, 0.25) is 0 Å². The van der Waals surface area contributed by atoms with E-state index in [1.807, 2.05) is 0 Å². The van der Waals surface area contributed by atoms with E-state index in [-0.39, 0.29) is 11.7 Å². The van der Waals surface area contributed by atoms with Crippen LogP contribution in [0.15, 0.2) is 35.9 Å². The van der Waals surface area contributed by atoms with Crippen LogP contribution < -0.4 is 5.32 Å². The number of nitrogens with zero attached hydrogens (tertiary/aromatic N) is 6. The van der Waals surface area contributed by atoms with Crippen LogP contribution in [-0.4, -0.2) is 25.4 Å². The van der Waals surface area contributed by atoms with Gasteiger partial charge in [0.1, 0.15) is 17.2 Å². The van der Waals surface area contributed by atoms with Crippen LogP contribution in [0.5, 0.6) is 0 Å². The van der Waals surface area contributed by atoms with Gasteiger partial charge in [-0.1, -0.05) is 0 Å². The minimum absolute atomic E-state index is 0.128. The fraction of sp³-hybridized carbons (Fsp3) is 0.368. The molecule has 142 valence electrons. The van der Waals surface area contributed by atoms with Gasteiger partial charge in [0, 0.05) is 18.7 Å². The first-order valence-electron chi connectivity index (χ1n) is 9.15. The van der Waals surface area contributed by atoms with E-state index in [0.717, 1.165) is 25.7 Å². The molecule has 0 atom stereocenters. The molecule has 1 aliphatic rings. The third-order valence-electron chi connectivity index (χ3n) is 5.13. The van der Waals surface area contributed by atoms with Crippen LogP contribution in [0.3, 0.4) is 0 Å². The first-order chi connectivity index (χ1) is 13.7. The molecular formula is C19H18FN7O. The summed E-state index contributed by atoms with van der Waals surface area (Å²) in [5.41, 5.74) is 1.22. The predicted molar refractivity (Wildman–Crippen MR) is 101 cm³/mol. The van der Waals surface area contributed by atoms with Gasteiger partial charge in [-0.3, -0.25) is 4.40 Å². The lowest BCUT2D eigenvalue weighted by Gasteiger charge is -2.28. The molecule has 3 aromatic heterocycles. The highest BCUT2D eigenvalue weighted by atomic mass is 19.1. The average Bonchev–Trinajstić information content (AvgIpc) is 3.12. The van der Waals surface area contributed by atoms with E-state index in [1.165, 1.54) is 18.5 Å². The summed E-state index contributed by atoms with van der Waals surface area (Å²) in [7, 11) is 0. The first-order valence-corrected chi connectivity index (χ1v) is 9.15. The van der Waals surface area contributed by atoms with Crippen molar-refractivity contribution in [2.24, 2.45) is 11.1 Å². The second-order valence-corrected chi connectivity index (χ2v) is 6.96. The summed E-state index contributed by atoms with van der Waals surface area (Å²) in [5.74, 6) is 0.715. The van der Waals surface area contributed by atoms with Crippen molar-refractivity contribution in [3.05, 3.63) is 41.4 Å². The molecule has 0 amide bonds. The van der Waals surface area contributed by atoms with Crippen molar-refractivity contribution in [3.8, 4) is 17.6 Å². The maximum atomic E-state index is 13.6. The molecule has 0 bridgehead atoms. The SMILES string of the molecule is N#CC[C@H]1CC[C@H](Nc2nc(-c3cnc4ccc(F)cn34)ncc2N=O)CC1. The molecule has 3 aromatic rings. The van der Waals surface area contributed by atoms with Crippen molar-refractivity contribution < 1.29 is 4.39 Å². The maximum Gasteiger partial charge on any atom is 0.180 e. The average molecular weight is 379 g/mol. The normalized spacial score (nSPS) is 19.3. The molecule has 0 saturated heterocycles. The largest absolute Gasteiger partial charge is 0.365 e. The molecule has 0 aliphatic heterocycles. The molecular weight excluding hydrogens is 361 g/mol. The van der Waals surface area contributed by atoms with Crippen molar-refractivity contribution in [3.63, 3.8) is 0 Å². The van der Waals surface area contributed by atoms with Crippen LogP contribution in [0, 0.1) is 28.0 Å². The number of aromatic nitrogens is 4. The zero-order valence-electron chi connectivity index (χ0n) is 15.0. The predicted octanol–water partition coefficient (Wildman–Crippen LogP) is 4.21. The van der Waals surface area contributed by atoms with Gasteiger partial charge in [-0.2, -0.15) is 5.26 Å². The molecule has 3 heterocycles. The molecule has 1 aliphatic carbocycles. The van der Waals surface area contributed by atoms with E-state index in [9.17, 15) is 9.30 Å². The number of nitroso groups, excluding NO2 is 1. The molecule has 1 fully saturated rings. The first kappa shape index (κ1) is 18.0. The lowest BCUT2D eigenvalue weighted by atomic mass is 9.84. The molecule has 0 aromatic carbocycles. The Kier molecular flexibility index (Phi) is 4.93. The van der Waals surface area contributed by atoms with Crippen molar-refractivity contribution in [1.82, 2.24) is 19.4 Å². The highest BCUT2D eigenvalue weighted by Gasteiger charge is 2.23. The quantitative estimate of drug-likeness (QED) is 0.665. The Labute approximate surface area is 160 Å². The van der Waals surface area contributed by atoms with E-state index in [2.05, 4.69) is 31.5 Å². The Morgan fingerprint density at radius 2 is 2.07 bits per heavy atom. The van der Waals surface area contributed by atoms with Gasteiger partial charge in [0.25, 0.3) is 0 Å². The summed E-state index contributed by atoms with van der Waals surface area (Å²) in [5, 5.41) is 15.2. The Balaban J connectivity index is 1.60. The summed E-state index contributed by atoms with van der Waals surface area (Å²) >= 11 is 0. The van der Waals surface area contributed by atoms with Gasteiger partial charge in [0.2, 0.25) is 0 Å². The van der Waals surface area contributed by atoms with E-state index in [4.69, 9.17) is 5.26 Å². The molecule has 0 radical (unpaired) electrons. The molecule has 28 heavy (non-hydrogen) atoms. The molecule has 4 rings (SSSR count). The molecule has 1 saturated carbocycles. The number of hydrogen-bond acceptors (Lipinski definition) is 7.